The van der Waals surface area contributed by atoms with Crippen molar-refractivity contribution in [2.75, 3.05) is 26.7 Å². The first kappa shape index (κ1) is 28.3. The Morgan fingerprint density at radius 1 is 1.20 bits per heavy atom. The Morgan fingerprint density at radius 2 is 1.98 bits per heavy atom. The highest BCUT2D eigenvalue weighted by Gasteiger charge is 2.29. The molecule has 4 aromatic rings. The van der Waals surface area contributed by atoms with Crippen LogP contribution in [0.2, 0.25) is 0 Å². The van der Waals surface area contributed by atoms with E-state index in [1.165, 1.54) is 13.2 Å². The van der Waals surface area contributed by atoms with Gasteiger partial charge in [0.25, 0.3) is 0 Å². The fourth-order valence-electron chi connectivity index (χ4n) is 5.58. The first-order chi connectivity index (χ1) is 19.8. The summed E-state index contributed by atoms with van der Waals surface area (Å²) >= 11 is 0. The van der Waals surface area contributed by atoms with E-state index in [1.54, 1.807) is 21.8 Å². The van der Waals surface area contributed by atoms with Crippen molar-refractivity contribution in [3.05, 3.63) is 54.4 Å². The van der Waals surface area contributed by atoms with Gasteiger partial charge in [0.1, 0.15) is 5.82 Å². The highest BCUT2D eigenvalue weighted by Crippen LogP contribution is 2.39. The van der Waals surface area contributed by atoms with Gasteiger partial charge in [-0.3, -0.25) is 14.3 Å². The predicted octanol–water partition coefficient (Wildman–Crippen LogP) is 4.30. The summed E-state index contributed by atoms with van der Waals surface area (Å²) in [6.45, 7) is 8.15. The minimum atomic E-state index is -0.342. The molecule has 0 atom stereocenters. The van der Waals surface area contributed by atoms with Gasteiger partial charge in [-0.1, -0.05) is 13.5 Å². The van der Waals surface area contributed by atoms with E-state index in [2.05, 4.69) is 22.0 Å². The highest BCUT2D eigenvalue weighted by atomic mass is 19.1. The second-order valence-electron chi connectivity index (χ2n) is 10.5. The van der Waals surface area contributed by atoms with Gasteiger partial charge < -0.3 is 15.0 Å². The number of fused-ring (bicyclic) bond motifs is 2. The lowest BCUT2D eigenvalue weighted by Gasteiger charge is -2.31. The van der Waals surface area contributed by atoms with Crippen molar-refractivity contribution in [2.45, 2.75) is 51.5 Å². The number of pyridine rings is 1. The Balaban J connectivity index is 1.53. The topological polar surface area (TPSA) is 107 Å². The summed E-state index contributed by atoms with van der Waals surface area (Å²) in [5.41, 5.74) is 4.14. The number of nitrogens with one attached hydrogen (secondary N) is 1. The third kappa shape index (κ3) is 5.79. The van der Waals surface area contributed by atoms with Gasteiger partial charge in [0, 0.05) is 61.9 Å². The summed E-state index contributed by atoms with van der Waals surface area (Å²) < 4.78 is 23.8. The number of hydrogen-bond acceptors (Lipinski definition) is 7. The molecule has 1 fully saturated rings. The average molecular weight is 562 g/mol. The Morgan fingerprint density at radius 3 is 2.71 bits per heavy atom. The van der Waals surface area contributed by atoms with Gasteiger partial charge >= 0.3 is 5.97 Å². The molecule has 11 heteroatoms. The lowest BCUT2D eigenvalue weighted by molar-refractivity contribution is -0.140. The van der Waals surface area contributed by atoms with Crippen LogP contribution in [0.1, 0.15) is 50.6 Å². The quantitative estimate of drug-likeness (QED) is 0.288. The molecule has 1 aliphatic heterocycles. The van der Waals surface area contributed by atoms with Crippen molar-refractivity contribution in [1.82, 2.24) is 34.8 Å². The summed E-state index contributed by atoms with van der Waals surface area (Å²) in [6, 6.07) is 5.17. The maximum atomic E-state index is 15.6. The molecular formula is C30H36FN7O3. The number of esters is 1. The molecule has 0 radical (unpaired) electrons. The monoisotopic (exact) mass is 561 g/mol. The number of halogens is 1. The SMILES string of the molecule is C=C(Cn1nc(C2CCN(C(=O)CCC)CC2)c2c(-c3cc4c(cnn4C)cc3F)ccnc21)NCCC(=O)OC. The second-order valence-corrected chi connectivity index (χ2v) is 10.5. The van der Waals surface area contributed by atoms with Gasteiger partial charge in [-0.05, 0) is 43.0 Å². The summed E-state index contributed by atoms with van der Waals surface area (Å²) in [5, 5.41) is 14.0. The molecule has 0 saturated carbocycles. The molecule has 216 valence electrons. The fourth-order valence-corrected chi connectivity index (χ4v) is 5.58. The van der Waals surface area contributed by atoms with Crippen LogP contribution >= 0.6 is 0 Å². The van der Waals surface area contributed by atoms with Crippen molar-refractivity contribution >= 4 is 33.8 Å². The summed E-state index contributed by atoms with van der Waals surface area (Å²) in [7, 11) is 3.19. The van der Waals surface area contributed by atoms with Crippen LogP contribution in [-0.4, -0.2) is 68.1 Å². The van der Waals surface area contributed by atoms with Gasteiger partial charge in [-0.2, -0.15) is 10.2 Å². The molecule has 41 heavy (non-hydrogen) atoms. The molecule has 1 aliphatic rings. The molecule has 1 N–H and O–H groups in total. The number of nitrogens with zero attached hydrogens (tertiary/aromatic N) is 6. The standard InChI is InChI=1S/C30H36FN7O3/c1-5-6-26(39)37-13-9-20(10-14-37)29-28-22(23-16-25-21(15-24(23)31)17-34-36(25)3)7-11-33-30(28)38(35-29)18-19(2)32-12-8-27(40)41-4/h7,11,15-17,20,32H,2,5-6,8-10,12-14,18H2,1,3-4H3. The van der Waals surface area contributed by atoms with E-state index in [-0.39, 0.29) is 30.0 Å². The number of benzene rings is 1. The molecule has 1 saturated heterocycles. The third-order valence-electron chi connectivity index (χ3n) is 7.76. The predicted molar refractivity (Wildman–Crippen MR) is 154 cm³/mol. The van der Waals surface area contributed by atoms with Crippen LogP contribution in [0.5, 0.6) is 0 Å². The number of allylic oxidation sites excluding steroid dienone is 1. The fraction of sp³-hybridized carbons (Fsp3) is 0.433. The number of rotatable bonds is 10. The summed E-state index contributed by atoms with van der Waals surface area (Å²) in [5.74, 6) is -0.383. The number of aryl methyl sites for hydroxylation is 1. The van der Waals surface area contributed by atoms with E-state index >= 15 is 4.39 Å². The number of ether oxygens (including phenoxy) is 1. The number of piperidine rings is 1. The van der Waals surface area contributed by atoms with Crippen LogP contribution in [0, 0.1) is 5.82 Å². The minimum Gasteiger partial charge on any atom is -0.469 e. The Kier molecular flexibility index (Phi) is 8.32. The van der Waals surface area contributed by atoms with Gasteiger partial charge in [0.15, 0.2) is 5.65 Å². The molecule has 0 spiro atoms. The van der Waals surface area contributed by atoms with Gasteiger partial charge in [-0.25, -0.2) is 14.1 Å². The molecule has 3 aromatic heterocycles. The van der Waals surface area contributed by atoms with E-state index in [4.69, 9.17) is 9.84 Å². The van der Waals surface area contributed by atoms with Gasteiger partial charge in [0.2, 0.25) is 5.91 Å². The number of hydrogen-bond donors (Lipinski definition) is 1. The maximum Gasteiger partial charge on any atom is 0.307 e. The number of methoxy groups -OCH3 is 1. The zero-order chi connectivity index (χ0) is 29.1. The smallest absolute Gasteiger partial charge is 0.307 e. The van der Waals surface area contributed by atoms with E-state index in [0.29, 0.717) is 55.1 Å². The highest BCUT2D eigenvalue weighted by molar-refractivity contribution is 5.97. The first-order valence-corrected chi connectivity index (χ1v) is 14.0. The molecule has 0 bridgehead atoms. The molecule has 0 aliphatic carbocycles. The zero-order valence-corrected chi connectivity index (χ0v) is 23.8. The van der Waals surface area contributed by atoms with Crippen molar-refractivity contribution in [3.8, 4) is 11.1 Å². The van der Waals surface area contributed by atoms with Gasteiger partial charge in [0.05, 0.1) is 42.9 Å². The molecule has 1 amide bonds. The van der Waals surface area contributed by atoms with Crippen molar-refractivity contribution in [1.29, 1.82) is 0 Å². The zero-order valence-electron chi connectivity index (χ0n) is 23.8. The molecule has 4 heterocycles. The largest absolute Gasteiger partial charge is 0.469 e. The van der Waals surface area contributed by atoms with E-state index in [0.717, 1.165) is 41.2 Å². The van der Waals surface area contributed by atoms with Crippen LogP contribution in [0.15, 0.2) is 42.9 Å². The van der Waals surface area contributed by atoms with E-state index in [9.17, 15) is 9.59 Å². The van der Waals surface area contributed by atoms with Crippen LogP contribution in [-0.2, 0) is 27.9 Å². The summed E-state index contributed by atoms with van der Waals surface area (Å²) in [4.78, 5) is 30.6. The number of likely N-dealkylation sites (tertiary alicyclic amines) is 1. The van der Waals surface area contributed by atoms with Crippen LogP contribution in [0.4, 0.5) is 4.39 Å². The van der Waals surface area contributed by atoms with Crippen molar-refractivity contribution in [2.24, 2.45) is 7.05 Å². The summed E-state index contributed by atoms with van der Waals surface area (Å²) in [6.07, 6.45) is 6.44. The molecule has 10 nitrogen and oxygen atoms in total. The van der Waals surface area contributed by atoms with Gasteiger partial charge in [-0.15, -0.1) is 0 Å². The lowest BCUT2D eigenvalue weighted by Crippen LogP contribution is -2.37. The van der Waals surface area contributed by atoms with E-state index in [1.807, 2.05) is 31.0 Å². The molecular weight excluding hydrogens is 525 g/mol. The Hall–Kier alpha value is -4.28. The maximum absolute atomic E-state index is 15.6. The lowest BCUT2D eigenvalue weighted by atomic mass is 9.89. The van der Waals surface area contributed by atoms with Crippen LogP contribution < -0.4 is 5.32 Å². The van der Waals surface area contributed by atoms with Crippen molar-refractivity contribution < 1.29 is 18.7 Å². The second kappa shape index (κ2) is 12.1. The number of amides is 1. The number of carbonyl (C=O) groups excluding carboxylic acids is 2. The van der Waals surface area contributed by atoms with Crippen LogP contribution in [0.3, 0.4) is 0 Å². The van der Waals surface area contributed by atoms with Crippen molar-refractivity contribution in [3.63, 3.8) is 0 Å². The normalized spacial score (nSPS) is 14.1. The third-order valence-corrected chi connectivity index (χ3v) is 7.76. The first-order valence-electron chi connectivity index (χ1n) is 14.0. The minimum absolute atomic E-state index is 0.0800. The number of carbonyl (C=O) groups is 2. The molecule has 5 rings (SSSR count). The molecule has 0 unspecified atom stereocenters. The Labute approximate surface area is 238 Å². The molecule has 1 aromatic carbocycles. The number of aromatic nitrogens is 5. The van der Waals surface area contributed by atoms with E-state index < -0.39 is 0 Å². The average Bonchev–Trinajstić information content (AvgIpc) is 3.52. The van der Waals surface area contributed by atoms with Crippen LogP contribution in [0.25, 0.3) is 33.1 Å². The Bertz CT molecular complexity index is 1600.